The van der Waals surface area contributed by atoms with Crippen molar-refractivity contribution in [3.05, 3.63) is 97.9 Å². The van der Waals surface area contributed by atoms with Gasteiger partial charge in [0.05, 0.1) is 6.61 Å². The van der Waals surface area contributed by atoms with Gasteiger partial charge in [0.15, 0.2) is 11.4 Å². The molecule has 2 unspecified atom stereocenters. The molecule has 1 aromatic heterocycles. The van der Waals surface area contributed by atoms with Gasteiger partial charge in [-0.05, 0) is 41.2 Å². The largest absolute Gasteiger partial charge is 0.502 e. The van der Waals surface area contributed by atoms with Gasteiger partial charge in [0.2, 0.25) is 5.43 Å². The first kappa shape index (κ1) is 21.3. The zero-order valence-corrected chi connectivity index (χ0v) is 19.5. The summed E-state index contributed by atoms with van der Waals surface area (Å²) in [6, 6.07) is 15.7. The predicted molar refractivity (Wildman–Crippen MR) is 128 cm³/mol. The molecule has 174 valence electrons. The van der Waals surface area contributed by atoms with E-state index in [4.69, 9.17) is 16.3 Å². The average Bonchev–Trinajstić information content (AvgIpc) is 3.33. The van der Waals surface area contributed by atoms with Crippen molar-refractivity contribution in [2.45, 2.75) is 18.4 Å². The fourth-order valence-electron chi connectivity index (χ4n) is 6.16. The highest BCUT2D eigenvalue weighted by Gasteiger charge is 2.59. The zero-order valence-electron chi connectivity index (χ0n) is 18.7. The van der Waals surface area contributed by atoms with Crippen LogP contribution in [-0.2, 0) is 23.1 Å². The third kappa shape index (κ3) is 2.68. The Labute approximate surface area is 201 Å². The molecule has 3 aromatic rings. The molecule has 0 fully saturated rings. The number of benzene rings is 2. The van der Waals surface area contributed by atoms with Gasteiger partial charge in [-0.2, -0.15) is 0 Å². The Hall–Kier alpha value is -3.29. The second-order valence-electron chi connectivity index (χ2n) is 9.12. The summed E-state index contributed by atoms with van der Waals surface area (Å²) in [5, 5.41) is 13.6. The average molecular weight is 478 g/mol. The molecule has 8 heteroatoms. The molecule has 0 saturated heterocycles. The molecule has 7 nitrogen and oxygen atoms in total. The number of methoxy groups -OCH3 is 1. The molecule has 0 spiro atoms. The smallest absolute Gasteiger partial charge is 0.277 e. The summed E-state index contributed by atoms with van der Waals surface area (Å²) in [5.41, 5.74) is 3.40. The maximum Gasteiger partial charge on any atom is 0.277 e. The number of aromatic nitrogens is 1. The first-order valence-electron chi connectivity index (χ1n) is 11.4. The molecule has 2 atom stereocenters. The van der Waals surface area contributed by atoms with Crippen LogP contribution < -0.4 is 10.4 Å². The van der Waals surface area contributed by atoms with E-state index in [0.717, 1.165) is 34.6 Å². The fraction of sp³-hybridized carbons (Fsp3) is 0.308. The first-order valence-corrected chi connectivity index (χ1v) is 11.7. The van der Waals surface area contributed by atoms with Gasteiger partial charge >= 0.3 is 0 Å². The summed E-state index contributed by atoms with van der Waals surface area (Å²) in [4.78, 5) is 27.4. The summed E-state index contributed by atoms with van der Waals surface area (Å²) in [6.07, 6.45) is 3.26. The predicted octanol–water partition coefficient (Wildman–Crippen LogP) is 2.88. The van der Waals surface area contributed by atoms with E-state index in [-0.39, 0.29) is 18.3 Å². The van der Waals surface area contributed by atoms with Gasteiger partial charge in [-0.3, -0.25) is 19.3 Å². The lowest BCUT2D eigenvalue weighted by Gasteiger charge is -2.50. The van der Waals surface area contributed by atoms with Crippen molar-refractivity contribution in [1.29, 1.82) is 0 Å². The maximum absolute atomic E-state index is 13.4. The summed E-state index contributed by atoms with van der Waals surface area (Å²) in [7, 11) is 1.58. The van der Waals surface area contributed by atoms with Gasteiger partial charge in [-0.25, -0.2) is 0 Å². The van der Waals surface area contributed by atoms with Gasteiger partial charge in [0.1, 0.15) is 12.2 Å². The van der Waals surface area contributed by atoms with Crippen molar-refractivity contribution >= 4 is 17.5 Å². The van der Waals surface area contributed by atoms with Crippen molar-refractivity contribution < 1.29 is 14.6 Å². The number of hydrogen-bond donors (Lipinski definition) is 1. The minimum atomic E-state index is -0.612. The van der Waals surface area contributed by atoms with Crippen LogP contribution in [0.1, 0.15) is 32.7 Å². The van der Waals surface area contributed by atoms with Crippen LogP contribution in [0.5, 0.6) is 5.75 Å². The van der Waals surface area contributed by atoms with Crippen molar-refractivity contribution in [1.82, 2.24) is 9.58 Å². The van der Waals surface area contributed by atoms with Gasteiger partial charge < -0.3 is 14.7 Å². The van der Waals surface area contributed by atoms with E-state index < -0.39 is 22.6 Å². The quantitative estimate of drug-likeness (QED) is 0.625. The summed E-state index contributed by atoms with van der Waals surface area (Å²) < 4.78 is 6.92. The Morgan fingerprint density at radius 3 is 2.71 bits per heavy atom. The Balaban J connectivity index is 1.66. The van der Waals surface area contributed by atoms with Crippen LogP contribution in [-0.4, -0.2) is 47.5 Å². The molecule has 2 aliphatic carbocycles. The molecule has 0 bridgehead atoms. The number of carbonyl (C=O) groups excluding carboxylic acids is 1. The molecular weight excluding hydrogens is 454 g/mol. The first-order chi connectivity index (χ1) is 16.5. The van der Waals surface area contributed by atoms with E-state index in [1.807, 2.05) is 24.3 Å². The Morgan fingerprint density at radius 1 is 1.09 bits per heavy atom. The maximum atomic E-state index is 13.4. The standard InChI is InChI=1S/C26H24ClN3O4/c1-34-12-11-28-15-30(29-10-9-22(31)24(32)23(29)25(28)33)26-17(13-16-5-2-3-6-19(16)26)14-18-20(26)7-4-8-21(18)27/h2-10,17,32H,11-15H2,1H3. The monoisotopic (exact) mass is 477 g/mol. The number of hydrogen-bond acceptors (Lipinski definition) is 5. The van der Waals surface area contributed by atoms with Crippen molar-refractivity contribution in [3.8, 4) is 5.75 Å². The summed E-state index contributed by atoms with van der Waals surface area (Å²) >= 11 is 6.69. The number of rotatable bonds is 4. The molecule has 1 aliphatic heterocycles. The number of amides is 1. The highest BCUT2D eigenvalue weighted by molar-refractivity contribution is 6.31. The van der Waals surface area contributed by atoms with Crippen molar-refractivity contribution in [3.63, 3.8) is 0 Å². The minimum Gasteiger partial charge on any atom is -0.502 e. The van der Waals surface area contributed by atoms with E-state index in [1.165, 1.54) is 11.6 Å². The Morgan fingerprint density at radius 2 is 1.88 bits per heavy atom. The van der Waals surface area contributed by atoms with Crippen LogP contribution >= 0.6 is 11.6 Å². The third-order valence-corrected chi connectivity index (χ3v) is 7.90. The molecule has 2 heterocycles. The lowest BCUT2D eigenvalue weighted by Crippen LogP contribution is -2.63. The third-order valence-electron chi connectivity index (χ3n) is 7.55. The molecule has 1 amide bonds. The molecule has 0 saturated carbocycles. The van der Waals surface area contributed by atoms with Crippen LogP contribution in [0.15, 0.2) is 59.5 Å². The van der Waals surface area contributed by atoms with E-state index in [2.05, 4.69) is 23.2 Å². The van der Waals surface area contributed by atoms with Crippen LogP contribution in [0, 0.1) is 5.92 Å². The minimum absolute atomic E-state index is 0.0252. The van der Waals surface area contributed by atoms with Crippen molar-refractivity contribution in [2.24, 2.45) is 5.92 Å². The summed E-state index contributed by atoms with van der Waals surface area (Å²) in [5.74, 6) is -0.762. The van der Waals surface area contributed by atoms with E-state index in [0.29, 0.717) is 13.2 Å². The van der Waals surface area contributed by atoms with Gasteiger partial charge in [0.25, 0.3) is 5.91 Å². The van der Waals surface area contributed by atoms with E-state index in [1.54, 1.807) is 22.9 Å². The number of carbonyl (C=O) groups is 1. The molecule has 0 radical (unpaired) electrons. The topological polar surface area (TPSA) is 75.0 Å². The van der Waals surface area contributed by atoms with Crippen LogP contribution in [0.25, 0.3) is 0 Å². The normalized spacial score (nSPS) is 22.4. The number of nitrogens with zero attached hydrogens (tertiary/aromatic N) is 3. The summed E-state index contributed by atoms with van der Waals surface area (Å²) in [6.45, 7) is 0.945. The molecule has 1 N–H and O–H groups in total. The highest BCUT2D eigenvalue weighted by atomic mass is 35.5. The van der Waals surface area contributed by atoms with Crippen LogP contribution in [0.3, 0.4) is 0 Å². The number of fused-ring (bicyclic) bond motifs is 6. The Bertz CT molecular complexity index is 1390. The van der Waals surface area contributed by atoms with Crippen LogP contribution in [0.2, 0.25) is 5.02 Å². The van der Waals surface area contributed by atoms with E-state index in [9.17, 15) is 14.7 Å². The Kier molecular flexibility index (Phi) is 4.76. The number of ether oxygens (including phenoxy) is 1. The second-order valence-corrected chi connectivity index (χ2v) is 9.53. The molecule has 2 aromatic carbocycles. The van der Waals surface area contributed by atoms with Gasteiger partial charge in [-0.1, -0.05) is 48.0 Å². The number of aromatic hydroxyl groups is 1. The lowest BCUT2D eigenvalue weighted by molar-refractivity contribution is 0.0579. The number of pyridine rings is 1. The zero-order chi connectivity index (χ0) is 23.6. The fourth-order valence-corrected chi connectivity index (χ4v) is 6.41. The lowest BCUT2D eigenvalue weighted by atomic mass is 9.81. The molecule has 6 rings (SSSR count). The molecule has 34 heavy (non-hydrogen) atoms. The van der Waals surface area contributed by atoms with Crippen molar-refractivity contribution in [2.75, 3.05) is 31.9 Å². The SMILES string of the molecule is COCCN1CN(C23c4ccccc4CC2Cc2c(Cl)cccc23)n2ccc(=O)c(O)c2C1=O. The van der Waals surface area contributed by atoms with Crippen LogP contribution in [0.4, 0.5) is 0 Å². The highest BCUT2D eigenvalue weighted by Crippen LogP contribution is 2.57. The molecular formula is C26H24ClN3O4. The van der Waals surface area contributed by atoms with Gasteiger partial charge in [0, 0.05) is 36.9 Å². The van der Waals surface area contributed by atoms with E-state index >= 15 is 0 Å². The molecule has 3 aliphatic rings. The number of halogens is 1. The second kappa shape index (κ2) is 7.61. The van der Waals surface area contributed by atoms with Gasteiger partial charge in [-0.15, -0.1) is 0 Å².